The van der Waals surface area contributed by atoms with Crippen LogP contribution in [0.3, 0.4) is 0 Å². The lowest BCUT2D eigenvalue weighted by Gasteiger charge is -2.27. The minimum atomic E-state index is -0.0936. The fourth-order valence-electron chi connectivity index (χ4n) is 2.48. The molecular formula is C16H24N4O2. The van der Waals surface area contributed by atoms with Crippen LogP contribution in [0.25, 0.3) is 0 Å². The second-order valence-electron chi connectivity index (χ2n) is 5.46. The third-order valence-corrected chi connectivity index (χ3v) is 3.67. The van der Waals surface area contributed by atoms with E-state index in [-0.39, 0.29) is 18.4 Å². The van der Waals surface area contributed by atoms with Gasteiger partial charge >= 0.3 is 0 Å². The van der Waals surface area contributed by atoms with Crippen molar-refractivity contribution < 1.29 is 9.59 Å². The summed E-state index contributed by atoms with van der Waals surface area (Å²) in [4.78, 5) is 30.3. The summed E-state index contributed by atoms with van der Waals surface area (Å²) in [5.41, 5.74) is 0.535. The molecule has 2 rings (SSSR count). The van der Waals surface area contributed by atoms with E-state index in [0.29, 0.717) is 17.9 Å². The van der Waals surface area contributed by atoms with Gasteiger partial charge < -0.3 is 15.5 Å². The van der Waals surface area contributed by atoms with E-state index in [2.05, 4.69) is 15.6 Å². The highest BCUT2D eigenvalue weighted by atomic mass is 16.2. The fraction of sp³-hybridized carbons (Fsp3) is 0.562. The standard InChI is InChI=1S/C16H24N4O2/c1-2-8-17-14(21)12-19-15-13(7-6-9-18-15)16(22)20-10-4-3-5-11-20/h6-7,9H,2-5,8,10-12H2,1H3,(H,17,21)(H,18,19). The normalized spacial score (nSPS) is 14.5. The highest BCUT2D eigenvalue weighted by molar-refractivity contribution is 5.99. The monoisotopic (exact) mass is 304 g/mol. The van der Waals surface area contributed by atoms with Gasteiger partial charge in [0.25, 0.3) is 5.91 Å². The van der Waals surface area contributed by atoms with Crippen LogP contribution in [0.5, 0.6) is 0 Å². The van der Waals surface area contributed by atoms with Crippen LogP contribution in [0.15, 0.2) is 18.3 Å². The summed E-state index contributed by atoms with van der Waals surface area (Å²) >= 11 is 0. The van der Waals surface area contributed by atoms with Crippen molar-refractivity contribution >= 4 is 17.6 Å². The number of anilines is 1. The highest BCUT2D eigenvalue weighted by Gasteiger charge is 2.21. The smallest absolute Gasteiger partial charge is 0.257 e. The molecule has 1 fully saturated rings. The van der Waals surface area contributed by atoms with E-state index in [1.165, 1.54) is 6.42 Å². The quantitative estimate of drug-likeness (QED) is 0.838. The minimum Gasteiger partial charge on any atom is -0.360 e. The van der Waals surface area contributed by atoms with E-state index < -0.39 is 0 Å². The molecule has 1 aliphatic rings. The number of hydrogen-bond acceptors (Lipinski definition) is 4. The largest absolute Gasteiger partial charge is 0.360 e. The fourth-order valence-corrected chi connectivity index (χ4v) is 2.48. The molecule has 0 atom stereocenters. The molecule has 2 heterocycles. The molecular weight excluding hydrogens is 280 g/mol. The number of carbonyl (C=O) groups excluding carboxylic acids is 2. The van der Waals surface area contributed by atoms with Gasteiger partial charge in [-0.05, 0) is 37.8 Å². The van der Waals surface area contributed by atoms with Gasteiger partial charge in [0.1, 0.15) is 5.82 Å². The average Bonchev–Trinajstić information content (AvgIpc) is 2.58. The molecule has 1 saturated heterocycles. The summed E-state index contributed by atoms with van der Waals surface area (Å²) in [5.74, 6) is 0.373. The maximum Gasteiger partial charge on any atom is 0.257 e. The molecule has 6 nitrogen and oxygen atoms in total. The lowest BCUT2D eigenvalue weighted by Crippen LogP contribution is -2.36. The maximum absolute atomic E-state index is 12.6. The topological polar surface area (TPSA) is 74.3 Å². The van der Waals surface area contributed by atoms with Crippen LogP contribution in [0, 0.1) is 0 Å². The first-order valence-electron chi connectivity index (χ1n) is 7.97. The molecule has 120 valence electrons. The number of pyridine rings is 1. The number of rotatable bonds is 6. The van der Waals surface area contributed by atoms with Gasteiger partial charge in [-0.15, -0.1) is 0 Å². The van der Waals surface area contributed by atoms with E-state index in [0.717, 1.165) is 32.4 Å². The molecule has 22 heavy (non-hydrogen) atoms. The lowest BCUT2D eigenvalue weighted by atomic mass is 10.1. The van der Waals surface area contributed by atoms with Crippen molar-refractivity contribution in [3.63, 3.8) is 0 Å². The number of nitrogens with zero attached hydrogens (tertiary/aromatic N) is 2. The Morgan fingerprint density at radius 1 is 1.27 bits per heavy atom. The number of amides is 2. The third-order valence-electron chi connectivity index (χ3n) is 3.67. The first-order valence-corrected chi connectivity index (χ1v) is 7.97. The van der Waals surface area contributed by atoms with Gasteiger partial charge in [0.2, 0.25) is 5.91 Å². The van der Waals surface area contributed by atoms with Crippen LogP contribution in [0.2, 0.25) is 0 Å². The van der Waals surface area contributed by atoms with Crippen molar-refractivity contribution in [1.82, 2.24) is 15.2 Å². The van der Waals surface area contributed by atoms with Gasteiger partial charge in [-0.2, -0.15) is 0 Å². The SMILES string of the molecule is CCCNC(=O)CNc1ncccc1C(=O)N1CCCCC1. The first kappa shape index (κ1) is 16.3. The summed E-state index contributed by atoms with van der Waals surface area (Å²) in [6.45, 7) is 4.37. The lowest BCUT2D eigenvalue weighted by molar-refractivity contribution is -0.119. The third kappa shape index (κ3) is 4.44. The zero-order valence-electron chi connectivity index (χ0n) is 13.1. The zero-order valence-corrected chi connectivity index (χ0v) is 13.1. The summed E-state index contributed by atoms with van der Waals surface area (Å²) < 4.78 is 0. The molecule has 0 aliphatic carbocycles. The zero-order chi connectivity index (χ0) is 15.8. The van der Waals surface area contributed by atoms with E-state index in [1.54, 1.807) is 18.3 Å². The Kier molecular flexibility index (Phi) is 6.18. The van der Waals surface area contributed by atoms with Crippen LogP contribution in [-0.4, -0.2) is 47.9 Å². The summed E-state index contributed by atoms with van der Waals surface area (Å²) in [6, 6.07) is 3.51. The molecule has 2 N–H and O–H groups in total. The summed E-state index contributed by atoms with van der Waals surface area (Å²) in [5, 5.41) is 5.76. The second-order valence-corrected chi connectivity index (χ2v) is 5.46. The molecule has 1 aromatic heterocycles. The minimum absolute atomic E-state index is 0.00994. The molecule has 1 aliphatic heterocycles. The predicted molar refractivity (Wildman–Crippen MR) is 85.8 cm³/mol. The van der Waals surface area contributed by atoms with Gasteiger partial charge in [0.05, 0.1) is 12.1 Å². The Morgan fingerprint density at radius 3 is 2.77 bits per heavy atom. The molecule has 0 saturated carbocycles. The molecule has 1 aromatic rings. The van der Waals surface area contributed by atoms with Crippen LogP contribution in [0.4, 0.5) is 5.82 Å². The van der Waals surface area contributed by atoms with Gasteiger partial charge in [-0.1, -0.05) is 6.92 Å². The molecule has 2 amide bonds. The summed E-state index contributed by atoms with van der Waals surface area (Å²) in [7, 11) is 0. The Labute approximate surface area is 131 Å². The van der Waals surface area contributed by atoms with Crippen LogP contribution in [-0.2, 0) is 4.79 Å². The van der Waals surface area contributed by atoms with Crippen molar-refractivity contribution in [2.75, 3.05) is 31.5 Å². The van der Waals surface area contributed by atoms with Crippen LogP contribution >= 0.6 is 0 Å². The average molecular weight is 304 g/mol. The van der Waals surface area contributed by atoms with Gasteiger partial charge in [-0.25, -0.2) is 4.98 Å². The molecule has 0 spiro atoms. The summed E-state index contributed by atoms with van der Waals surface area (Å²) in [6.07, 6.45) is 5.80. The van der Waals surface area contributed by atoms with Crippen molar-refractivity contribution in [3.8, 4) is 0 Å². The Hall–Kier alpha value is -2.11. The highest BCUT2D eigenvalue weighted by Crippen LogP contribution is 2.17. The molecule has 0 bridgehead atoms. The van der Waals surface area contributed by atoms with Crippen LogP contribution < -0.4 is 10.6 Å². The number of likely N-dealkylation sites (tertiary alicyclic amines) is 1. The number of aromatic nitrogens is 1. The Morgan fingerprint density at radius 2 is 2.05 bits per heavy atom. The second kappa shape index (κ2) is 8.36. The van der Waals surface area contributed by atoms with E-state index in [1.807, 2.05) is 11.8 Å². The predicted octanol–water partition coefficient (Wildman–Crippen LogP) is 1.65. The Balaban J connectivity index is 1.99. The number of piperidine rings is 1. The number of hydrogen-bond donors (Lipinski definition) is 2. The van der Waals surface area contributed by atoms with Gasteiger partial charge in [0.15, 0.2) is 0 Å². The first-order chi connectivity index (χ1) is 10.7. The van der Waals surface area contributed by atoms with E-state index in [9.17, 15) is 9.59 Å². The van der Waals surface area contributed by atoms with Crippen molar-refractivity contribution in [3.05, 3.63) is 23.9 Å². The van der Waals surface area contributed by atoms with Crippen molar-refractivity contribution in [2.24, 2.45) is 0 Å². The number of carbonyl (C=O) groups is 2. The number of nitrogens with one attached hydrogen (secondary N) is 2. The van der Waals surface area contributed by atoms with Crippen molar-refractivity contribution in [1.29, 1.82) is 0 Å². The van der Waals surface area contributed by atoms with Gasteiger partial charge in [-0.3, -0.25) is 9.59 Å². The maximum atomic E-state index is 12.6. The van der Waals surface area contributed by atoms with Gasteiger partial charge in [0, 0.05) is 25.8 Å². The van der Waals surface area contributed by atoms with Crippen LogP contribution in [0.1, 0.15) is 43.0 Å². The molecule has 0 unspecified atom stereocenters. The Bertz CT molecular complexity index is 513. The van der Waals surface area contributed by atoms with E-state index >= 15 is 0 Å². The van der Waals surface area contributed by atoms with E-state index in [4.69, 9.17) is 0 Å². The molecule has 0 aromatic carbocycles. The molecule has 6 heteroatoms. The van der Waals surface area contributed by atoms with Crippen molar-refractivity contribution in [2.45, 2.75) is 32.6 Å². The molecule has 0 radical (unpaired) electrons.